The minimum absolute atomic E-state index is 0.133. The van der Waals surface area contributed by atoms with E-state index >= 15 is 0 Å². The minimum Gasteiger partial charge on any atom is -0.396 e. The maximum Gasteiger partial charge on any atom is 0.0446 e. The molecule has 0 aliphatic carbocycles. The van der Waals surface area contributed by atoms with E-state index in [1.165, 1.54) is 5.56 Å². The molecular weight excluding hydrogens is 226 g/mol. The highest BCUT2D eigenvalue weighted by Gasteiger charge is 2.31. The van der Waals surface area contributed by atoms with Crippen molar-refractivity contribution in [3.8, 4) is 0 Å². The zero-order valence-electron chi connectivity index (χ0n) is 11.3. The van der Waals surface area contributed by atoms with Crippen LogP contribution in [0.4, 0.5) is 0 Å². The van der Waals surface area contributed by atoms with Gasteiger partial charge < -0.3 is 10.4 Å². The number of hydrogen-bond acceptors (Lipinski definition) is 4. The molecule has 1 fully saturated rings. The number of rotatable bonds is 4. The van der Waals surface area contributed by atoms with Gasteiger partial charge in [0.1, 0.15) is 0 Å². The van der Waals surface area contributed by atoms with Crippen LogP contribution < -0.4 is 5.32 Å². The third kappa shape index (κ3) is 3.51. The summed E-state index contributed by atoms with van der Waals surface area (Å²) in [6.07, 6.45) is 4.55. The molecule has 2 N–H and O–H groups in total. The highest BCUT2D eigenvalue weighted by molar-refractivity contribution is 5.09. The standard InChI is InChI=1S/C14H23N3O/c1-14(2)11-17(13(5-7-18)9-16-14)10-12-4-3-6-15-8-12/h3-4,6,8,13,16,18H,5,7,9-11H2,1-2H3. The number of aromatic nitrogens is 1. The summed E-state index contributed by atoms with van der Waals surface area (Å²) in [5.74, 6) is 0. The van der Waals surface area contributed by atoms with E-state index in [0.29, 0.717) is 6.04 Å². The summed E-state index contributed by atoms with van der Waals surface area (Å²) in [5, 5.41) is 12.7. The monoisotopic (exact) mass is 249 g/mol. The predicted molar refractivity (Wildman–Crippen MR) is 72.2 cm³/mol. The van der Waals surface area contributed by atoms with E-state index in [-0.39, 0.29) is 12.1 Å². The summed E-state index contributed by atoms with van der Waals surface area (Å²) in [7, 11) is 0. The topological polar surface area (TPSA) is 48.4 Å². The lowest BCUT2D eigenvalue weighted by molar-refractivity contribution is 0.0715. The molecule has 1 aromatic heterocycles. The van der Waals surface area contributed by atoms with Crippen LogP contribution in [0.25, 0.3) is 0 Å². The molecule has 1 aliphatic heterocycles. The SMILES string of the molecule is CC1(C)CN(Cc2cccnc2)C(CCO)CN1. The molecule has 1 aromatic rings. The van der Waals surface area contributed by atoms with E-state index in [1.54, 1.807) is 6.20 Å². The van der Waals surface area contributed by atoms with Crippen molar-refractivity contribution in [1.82, 2.24) is 15.2 Å². The van der Waals surface area contributed by atoms with Crippen LogP contribution in [0.2, 0.25) is 0 Å². The van der Waals surface area contributed by atoms with Crippen molar-refractivity contribution >= 4 is 0 Å². The van der Waals surface area contributed by atoms with Crippen LogP contribution in [0.5, 0.6) is 0 Å². The second kappa shape index (κ2) is 5.78. The maximum absolute atomic E-state index is 9.17. The zero-order chi connectivity index (χ0) is 13.0. The molecular formula is C14H23N3O. The molecule has 4 heteroatoms. The van der Waals surface area contributed by atoms with Gasteiger partial charge in [-0.2, -0.15) is 0 Å². The summed E-state index contributed by atoms with van der Waals surface area (Å²) in [6.45, 7) is 7.52. The largest absolute Gasteiger partial charge is 0.396 e. The van der Waals surface area contributed by atoms with Crippen LogP contribution in [0, 0.1) is 0 Å². The van der Waals surface area contributed by atoms with Crippen LogP contribution in [0.15, 0.2) is 24.5 Å². The van der Waals surface area contributed by atoms with Crippen molar-refractivity contribution in [2.24, 2.45) is 0 Å². The number of aliphatic hydroxyl groups excluding tert-OH is 1. The summed E-state index contributed by atoms with van der Waals surface area (Å²) >= 11 is 0. The molecule has 100 valence electrons. The van der Waals surface area contributed by atoms with E-state index in [2.05, 4.69) is 35.1 Å². The van der Waals surface area contributed by atoms with Crippen LogP contribution in [-0.2, 0) is 6.54 Å². The summed E-state index contributed by atoms with van der Waals surface area (Å²) in [4.78, 5) is 6.61. The third-order valence-corrected chi connectivity index (χ3v) is 3.50. The van der Waals surface area contributed by atoms with Crippen LogP contribution in [0.1, 0.15) is 25.8 Å². The second-order valence-corrected chi connectivity index (χ2v) is 5.70. The first kappa shape index (κ1) is 13.5. The molecule has 4 nitrogen and oxygen atoms in total. The Morgan fingerprint density at radius 1 is 1.56 bits per heavy atom. The molecule has 0 amide bonds. The molecule has 0 spiro atoms. The molecule has 18 heavy (non-hydrogen) atoms. The van der Waals surface area contributed by atoms with Crippen molar-refractivity contribution in [3.63, 3.8) is 0 Å². The van der Waals surface area contributed by atoms with Crippen LogP contribution in [-0.4, -0.2) is 46.3 Å². The van der Waals surface area contributed by atoms with Crippen molar-refractivity contribution in [2.45, 2.75) is 38.4 Å². The Kier molecular flexibility index (Phi) is 4.32. The number of piperazine rings is 1. The van der Waals surface area contributed by atoms with Gasteiger partial charge in [0, 0.05) is 50.2 Å². The maximum atomic E-state index is 9.17. The molecule has 1 unspecified atom stereocenters. The fourth-order valence-corrected chi connectivity index (χ4v) is 2.56. The average Bonchev–Trinajstić information content (AvgIpc) is 2.34. The Labute approximate surface area is 109 Å². The second-order valence-electron chi connectivity index (χ2n) is 5.70. The first-order valence-electron chi connectivity index (χ1n) is 6.59. The highest BCUT2D eigenvalue weighted by Crippen LogP contribution is 2.19. The highest BCUT2D eigenvalue weighted by atomic mass is 16.3. The number of nitrogens with zero attached hydrogens (tertiary/aromatic N) is 2. The number of aliphatic hydroxyl groups is 1. The van der Waals surface area contributed by atoms with E-state index in [9.17, 15) is 0 Å². The average molecular weight is 249 g/mol. The quantitative estimate of drug-likeness (QED) is 0.836. The number of nitrogens with one attached hydrogen (secondary N) is 1. The Morgan fingerprint density at radius 3 is 3.06 bits per heavy atom. The summed E-state index contributed by atoms with van der Waals surface area (Å²) in [6, 6.07) is 4.49. The lowest BCUT2D eigenvalue weighted by Gasteiger charge is -2.44. The van der Waals surface area contributed by atoms with Crippen molar-refractivity contribution in [1.29, 1.82) is 0 Å². The minimum atomic E-state index is 0.133. The zero-order valence-corrected chi connectivity index (χ0v) is 11.3. The van der Waals surface area contributed by atoms with Gasteiger partial charge in [0.05, 0.1) is 0 Å². The lowest BCUT2D eigenvalue weighted by atomic mass is 9.97. The van der Waals surface area contributed by atoms with Gasteiger partial charge in [-0.25, -0.2) is 0 Å². The van der Waals surface area contributed by atoms with Crippen molar-refractivity contribution in [2.75, 3.05) is 19.7 Å². The van der Waals surface area contributed by atoms with Gasteiger partial charge in [-0.1, -0.05) is 6.07 Å². The van der Waals surface area contributed by atoms with E-state index in [0.717, 1.165) is 26.1 Å². The molecule has 1 atom stereocenters. The third-order valence-electron chi connectivity index (χ3n) is 3.50. The molecule has 0 aromatic carbocycles. The summed E-state index contributed by atoms with van der Waals surface area (Å²) in [5.41, 5.74) is 1.37. The van der Waals surface area contributed by atoms with Crippen molar-refractivity contribution in [3.05, 3.63) is 30.1 Å². The van der Waals surface area contributed by atoms with Gasteiger partial charge in [-0.05, 0) is 31.9 Å². The van der Waals surface area contributed by atoms with Gasteiger partial charge in [0.15, 0.2) is 0 Å². The van der Waals surface area contributed by atoms with E-state index < -0.39 is 0 Å². The molecule has 0 saturated carbocycles. The molecule has 0 bridgehead atoms. The molecule has 1 saturated heterocycles. The summed E-state index contributed by atoms with van der Waals surface area (Å²) < 4.78 is 0. The smallest absolute Gasteiger partial charge is 0.0446 e. The van der Waals surface area contributed by atoms with E-state index in [1.807, 2.05) is 12.3 Å². The van der Waals surface area contributed by atoms with Crippen LogP contribution in [0.3, 0.4) is 0 Å². The van der Waals surface area contributed by atoms with Gasteiger partial charge >= 0.3 is 0 Å². The van der Waals surface area contributed by atoms with Gasteiger partial charge in [-0.3, -0.25) is 9.88 Å². The Balaban J connectivity index is 2.05. The lowest BCUT2D eigenvalue weighted by Crippen LogP contribution is -2.61. The van der Waals surface area contributed by atoms with E-state index in [4.69, 9.17) is 5.11 Å². The van der Waals surface area contributed by atoms with Gasteiger partial charge in [0.2, 0.25) is 0 Å². The fourth-order valence-electron chi connectivity index (χ4n) is 2.56. The Hall–Kier alpha value is -0.970. The molecule has 1 aliphatic rings. The molecule has 0 radical (unpaired) electrons. The molecule has 2 heterocycles. The predicted octanol–water partition coefficient (Wildman–Crippen LogP) is 1.02. The first-order valence-corrected chi connectivity index (χ1v) is 6.59. The Morgan fingerprint density at radius 2 is 2.39 bits per heavy atom. The normalized spacial score (nSPS) is 24.1. The van der Waals surface area contributed by atoms with Crippen molar-refractivity contribution < 1.29 is 5.11 Å². The first-order chi connectivity index (χ1) is 8.61. The number of pyridine rings is 1. The fraction of sp³-hybridized carbons (Fsp3) is 0.643. The van der Waals surface area contributed by atoms with Gasteiger partial charge in [-0.15, -0.1) is 0 Å². The van der Waals surface area contributed by atoms with Gasteiger partial charge in [0.25, 0.3) is 0 Å². The Bertz CT molecular complexity index is 367. The molecule has 2 rings (SSSR count). The number of hydrogen-bond donors (Lipinski definition) is 2. The van der Waals surface area contributed by atoms with Crippen LogP contribution >= 0.6 is 0 Å².